The highest BCUT2D eigenvalue weighted by Crippen LogP contribution is 2.16. The first-order chi connectivity index (χ1) is 11.9. The molecule has 0 aliphatic rings. The van der Waals surface area contributed by atoms with Crippen LogP contribution in [0.2, 0.25) is 0 Å². The van der Waals surface area contributed by atoms with E-state index in [-0.39, 0.29) is 18.5 Å². The van der Waals surface area contributed by atoms with Gasteiger partial charge in [0.05, 0.1) is 0 Å². The van der Waals surface area contributed by atoms with Crippen LogP contribution in [0.25, 0.3) is 0 Å². The lowest BCUT2D eigenvalue weighted by Gasteiger charge is -2.22. The summed E-state index contributed by atoms with van der Waals surface area (Å²) in [6.45, 7) is 8.04. The van der Waals surface area contributed by atoms with Gasteiger partial charge in [-0.3, -0.25) is 4.79 Å². The number of carbonyl (C=O) groups is 2. The highest BCUT2D eigenvalue weighted by atomic mass is 16.5. The molecule has 2 aromatic rings. The summed E-state index contributed by atoms with van der Waals surface area (Å²) in [5.41, 5.74) is 2.85. The van der Waals surface area contributed by atoms with Crippen molar-refractivity contribution in [3.63, 3.8) is 0 Å². The van der Waals surface area contributed by atoms with Crippen LogP contribution in [0.15, 0.2) is 28.8 Å². The van der Waals surface area contributed by atoms with E-state index in [9.17, 15) is 9.59 Å². The highest BCUT2D eigenvalue weighted by molar-refractivity contribution is 5.96. The number of amides is 3. The summed E-state index contributed by atoms with van der Waals surface area (Å²) >= 11 is 0. The van der Waals surface area contributed by atoms with Crippen LogP contribution in [0.1, 0.15) is 30.2 Å². The van der Waals surface area contributed by atoms with Crippen molar-refractivity contribution in [2.24, 2.45) is 0 Å². The number of anilines is 2. The molecular formula is C18H24N4O3. The van der Waals surface area contributed by atoms with Gasteiger partial charge in [-0.05, 0) is 38.8 Å². The summed E-state index contributed by atoms with van der Waals surface area (Å²) in [5.74, 6) is 0.625. The highest BCUT2D eigenvalue weighted by Gasteiger charge is 2.18. The SMILES string of the molecule is CCCN(CC(=O)Nc1cc(C)on1)C(=O)Nc1ccc(C)cc1C. The number of benzene rings is 1. The number of hydrogen-bond donors (Lipinski definition) is 2. The van der Waals surface area contributed by atoms with Crippen molar-refractivity contribution in [3.8, 4) is 0 Å². The molecule has 7 heteroatoms. The number of aryl methyl sites for hydroxylation is 3. The second-order valence-electron chi connectivity index (χ2n) is 6.04. The fraction of sp³-hybridized carbons (Fsp3) is 0.389. The molecule has 7 nitrogen and oxygen atoms in total. The quantitative estimate of drug-likeness (QED) is 0.840. The summed E-state index contributed by atoms with van der Waals surface area (Å²) < 4.78 is 4.91. The Bertz CT molecular complexity index is 755. The van der Waals surface area contributed by atoms with Gasteiger partial charge in [-0.25, -0.2) is 4.79 Å². The lowest BCUT2D eigenvalue weighted by molar-refractivity contribution is -0.116. The van der Waals surface area contributed by atoms with E-state index < -0.39 is 0 Å². The third-order valence-electron chi connectivity index (χ3n) is 3.63. The molecular weight excluding hydrogens is 320 g/mol. The molecule has 0 radical (unpaired) electrons. The van der Waals surface area contributed by atoms with Gasteiger partial charge in [-0.1, -0.05) is 29.8 Å². The van der Waals surface area contributed by atoms with Crippen LogP contribution in [0.4, 0.5) is 16.3 Å². The maximum atomic E-state index is 12.5. The van der Waals surface area contributed by atoms with Gasteiger partial charge in [0.1, 0.15) is 12.3 Å². The van der Waals surface area contributed by atoms with Crippen molar-refractivity contribution in [3.05, 3.63) is 41.2 Å². The van der Waals surface area contributed by atoms with Crippen LogP contribution in [0.5, 0.6) is 0 Å². The molecule has 0 saturated carbocycles. The molecule has 0 atom stereocenters. The molecule has 0 aliphatic heterocycles. The summed E-state index contributed by atoms with van der Waals surface area (Å²) in [5, 5.41) is 9.21. The predicted molar refractivity (Wildman–Crippen MR) is 96.7 cm³/mol. The molecule has 0 spiro atoms. The first kappa shape index (κ1) is 18.5. The summed E-state index contributed by atoms with van der Waals surface area (Å²) in [4.78, 5) is 26.2. The van der Waals surface area contributed by atoms with E-state index in [4.69, 9.17) is 4.52 Å². The van der Waals surface area contributed by atoms with E-state index in [0.29, 0.717) is 18.1 Å². The zero-order chi connectivity index (χ0) is 18.4. The number of carbonyl (C=O) groups excluding carboxylic acids is 2. The fourth-order valence-electron chi connectivity index (χ4n) is 2.45. The summed E-state index contributed by atoms with van der Waals surface area (Å²) in [7, 11) is 0. The van der Waals surface area contributed by atoms with Crippen molar-refractivity contribution in [1.29, 1.82) is 0 Å². The second-order valence-corrected chi connectivity index (χ2v) is 6.04. The first-order valence-corrected chi connectivity index (χ1v) is 8.25. The molecule has 0 fully saturated rings. The monoisotopic (exact) mass is 344 g/mol. The van der Waals surface area contributed by atoms with Crippen LogP contribution < -0.4 is 10.6 Å². The molecule has 134 valence electrons. The standard InChI is InChI=1S/C18H24N4O3/c1-5-8-22(11-17(23)20-16-10-14(4)25-21-16)18(24)19-15-7-6-12(2)9-13(15)3/h6-7,9-10H,5,8,11H2,1-4H3,(H,19,24)(H,20,21,23). The molecule has 0 bridgehead atoms. The average Bonchev–Trinajstić information content (AvgIpc) is 2.94. The van der Waals surface area contributed by atoms with Gasteiger partial charge in [-0.15, -0.1) is 0 Å². The van der Waals surface area contributed by atoms with Crippen molar-refractivity contribution >= 4 is 23.4 Å². The second kappa shape index (κ2) is 8.32. The van der Waals surface area contributed by atoms with E-state index in [1.54, 1.807) is 13.0 Å². The van der Waals surface area contributed by atoms with Crippen LogP contribution in [-0.4, -0.2) is 35.1 Å². The minimum atomic E-state index is -0.322. The molecule has 0 aliphatic carbocycles. The minimum Gasteiger partial charge on any atom is -0.360 e. The molecule has 1 aromatic heterocycles. The first-order valence-electron chi connectivity index (χ1n) is 8.25. The Balaban J connectivity index is 2.00. The van der Waals surface area contributed by atoms with Gasteiger partial charge in [0.2, 0.25) is 5.91 Å². The predicted octanol–water partition coefficient (Wildman–Crippen LogP) is 3.48. The third kappa shape index (κ3) is 5.34. The Kier molecular flexibility index (Phi) is 6.16. The number of nitrogens with zero attached hydrogens (tertiary/aromatic N) is 2. The molecule has 1 aromatic carbocycles. The van der Waals surface area contributed by atoms with E-state index >= 15 is 0 Å². The Morgan fingerprint density at radius 3 is 2.52 bits per heavy atom. The molecule has 25 heavy (non-hydrogen) atoms. The fourth-order valence-corrected chi connectivity index (χ4v) is 2.45. The Morgan fingerprint density at radius 2 is 1.92 bits per heavy atom. The van der Waals surface area contributed by atoms with Gasteiger partial charge in [-0.2, -0.15) is 0 Å². The molecule has 0 saturated heterocycles. The van der Waals surface area contributed by atoms with Gasteiger partial charge < -0.3 is 20.1 Å². The average molecular weight is 344 g/mol. The van der Waals surface area contributed by atoms with E-state index in [1.807, 2.05) is 39.0 Å². The van der Waals surface area contributed by atoms with Gasteiger partial charge in [0.15, 0.2) is 5.82 Å². The lowest BCUT2D eigenvalue weighted by atomic mass is 10.1. The van der Waals surface area contributed by atoms with Crippen LogP contribution in [0, 0.1) is 20.8 Å². The zero-order valence-electron chi connectivity index (χ0n) is 15.0. The van der Waals surface area contributed by atoms with E-state index in [1.165, 1.54) is 4.90 Å². The normalized spacial score (nSPS) is 10.4. The molecule has 2 N–H and O–H groups in total. The smallest absolute Gasteiger partial charge is 0.322 e. The number of aromatic nitrogens is 1. The topological polar surface area (TPSA) is 87.5 Å². The largest absolute Gasteiger partial charge is 0.360 e. The van der Waals surface area contributed by atoms with Crippen molar-refractivity contribution in [2.45, 2.75) is 34.1 Å². The zero-order valence-corrected chi connectivity index (χ0v) is 15.0. The summed E-state index contributed by atoms with van der Waals surface area (Å²) in [6.07, 6.45) is 0.747. The molecule has 3 amide bonds. The van der Waals surface area contributed by atoms with Crippen molar-refractivity contribution < 1.29 is 14.1 Å². The Morgan fingerprint density at radius 1 is 1.16 bits per heavy atom. The lowest BCUT2D eigenvalue weighted by Crippen LogP contribution is -2.41. The Hall–Kier alpha value is -2.83. The molecule has 1 heterocycles. The number of hydrogen-bond acceptors (Lipinski definition) is 4. The number of rotatable bonds is 6. The van der Waals surface area contributed by atoms with Crippen molar-refractivity contribution in [1.82, 2.24) is 10.1 Å². The maximum absolute atomic E-state index is 12.5. The molecule has 0 unspecified atom stereocenters. The van der Waals surface area contributed by atoms with E-state index in [2.05, 4.69) is 15.8 Å². The van der Waals surface area contributed by atoms with Crippen LogP contribution >= 0.6 is 0 Å². The van der Waals surface area contributed by atoms with Gasteiger partial charge >= 0.3 is 6.03 Å². The number of urea groups is 1. The summed E-state index contributed by atoms with van der Waals surface area (Å²) in [6, 6.07) is 7.12. The minimum absolute atomic E-state index is 0.0590. The van der Waals surface area contributed by atoms with E-state index in [0.717, 1.165) is 23.2 Å². The molecule has 2 rings (SSSR count). The van der Waals surface area contributed by atoms with Gasteiger partial charge in [0.25, 0.3) is 0 Å². The Labute approximate surface area is 147 Å². The third-order valence-corrected chi connectivity index (χ3v) is 3.63. The van der Waals surface area contributed by atoms with Gasteiger partial charge in [0, 0.05) is 18.3 Å². The van der Waals surface area contributed by atoms with Crippen molar-refractivity contribution in [2.75, 3.05) is 23.7 Å². The maximum Gasteiger partial charge on any atom is 0.322 e. The van der Waals surface area contributed by atoms with Crippen LogP contribution in [-0.2, 0) is 4.79 Å². The van der Waals surface area contributed by atoms with Crippen LogP contribution in [0.3, 0.4) is 0 Å². The number of nitrogens with one attached hydrogen (secondary N) is 2.